The summed E-state index contributed by atoms with van der Waals surface area (Å²) in [4.78, 5) is 12.8. The highest BCUT2D eigenvalue weighted by molar-refractivity contribution is 5.91. The molecule has 0 fully saturated rings. The molecule has 0 saturated heterocycles. The van der Waals surface area contributed by atoms with Crippen molar-refractivity contribution in [3.8, 4) is 5.75 Å². The van der Waals surface area contributed by atoms with Crippen LogP contribution in [0.5, 0.6) is 5.75 Å². The number of para-hydroxylation sites is 1. The lowest BCUT2D eigenvalue weighted by molar-refractivity contribution is 0.0660. The summed E-state index contributed by atoms with van der Waals surface area (Å²) >= 11 is 0. The summed E-state index contributed by atoms with van der Waals surface area (Å²) in [7, 11) is 0. The molecule has 0 saturated carbocycles. The van der Waals surface area contributed by atoms with Crippen molar-refractivity contribution in [1.82, 2.24) is 0 Å². The van der Waals surface area contributed by atoms with Crippen LogP contribution >= 0.6 is 0 Å². The van der Waals surface area contributed by atoms with E-state index in [1.54, 1.807) is 0 Å². The van der Waals surface area contributed by atoms with Gasteiger partial charge in [-0.1, -0.05) is 121 Å². The topological polar surface area (TPSA) is 35.5 Å². The Labute approximate surface area is 221 Å². The van der Waals surface area contributed by atoms with Crippen LogP contribution in [0.3, 0.4) is 0 Å². The second-order valence-electron chi connectivity index (χ2n) is 10.1. The summed E-state index contributed by atoms with van der Waals surface area (Å²) in [5, 5.41) is 0. The number of benzene rings is 2. The molecule has 1 unspecified atom stereocenters. The lowest BCUT2D eigenvalue weighted by Crippen LogP contribution is -2.10. The van der Waals surface area contributed by atoms with Crippen LogP contribution in [-0.2, 0) is 11.2 Å². The van der Waals surface area contributed by atoms with Crippen molar-refractivity contribution in [2.75, 3.05) is 6.61 Å². The van der Waals surface area contributed by atoms with Crippen LogP contribution in [0.25, 0.3) is 0 Å². The van der Waals surface area contributed by atoms with E-state index in [0.717, 1.165) is 37.0 Å². The zero-order valence-corrected chi connectivity index (χ0v) is 23.2. The largest absolute Gasteiger partial charge is 0.423 e. The Morgan fingerprint density at radius 2 is 1.25 bits per heavy atom. The molecule has 0 N–H and O–H groups in total. The maximum absolute atomic E-state index is 12.8. The van der Waals surface area contributed by atoms with Gasteiger partial charge in [0, 0.05) is 6.61 Å². The summed E-state index contributed by atoms with van der Waals surface area (Å²) in [5.41, 5.74) is 2.76. The molecule has 200 valence electrons. The number of carbonyl (C=O) groups excluding carboxylic acids is 1. The summed E-state index contributed by atoms with van der Waals surface area (Å²) in [6.07, 6.45) is 19.5. The van der Waals surface area contributed by atoms with Crippen molar-refractivity contribution in [3.63, 3.8) is 0 Å². The first-order valence-corrected chi connectivity index (χ1v) is 14.7. The highest BCUT2D eigenvalue weighted by Crippen LogP contribution is 2.23. The molecule has 0 amide bonds. The van der Waals surface area contributed by atoms with Crippen molar-refractivity contribution in [2.45, 2.75) is 123 Å². The van der Waals surface area contributed by atoms with Crippen LogP contribution < -0.4 is 4.74 Å². The predicted octanol–water partition coefficient (Wildman–Crippen LogP) is 10.0. The van der Waals surface area contributed by atoms with Crippen molar-refractivity contribution < 1.29 is 14.3 Å². The molecule has 0 spiro atoms. The van der Waals surface area contributed by atoms with E-state index in [9.17, 15) is 4.79 Å². The van der Waals surface area contributed by atoms with Crippen molar-refractivity contribution >= 4 is 5.97 Å². The molecule has 2 rings (SSSR count). The first-order valence-electron chi connectivity index (χ1n) is 14.7. The second kappa shape index (κ2) is 19.0. The fourth-order valence-electron chi connectivity index (χ4n) is 4.58. The molecule has 0 aliphatic heterocycles. The average molecular weight is 495 g/mol. The third-order valence-electron chi connectivity index (χ3n) is 6.91. The van der Waals surface area contributed by atoms with Crippen LogP contribution in [0.15, 0.2) is 48.5 Å². The van der Waals surface area contributed by atoms with E-state index in [-0.39, 0.29) is 12.1 Å². The van der Waals surface area contributed by atoms with Crippen LogP contribution in [0.2, 0.25) is 0 Å². The van der Waals surface area contributed by atoms with Gasteiger partial charge in [-0.15, -0.1) is 0 Å². The number of unbranched alkanes of at least 4 members (excludes halogenated alkanes) is 12. The third-order valence-corrected chi connectivity index (χ3v) is 6.91. The Morgan fingerprint density at radius 3 is 1.83 bits per heavy atom. The highest BCUT2D eigenvalue weighted by Gasteiger charge is 2.13. The molecule has 0 aliphatic carbocycles. The highest BCUT2D eigenvalue weighted by atomic mass is 16.5. The van der Waals surface area contributed by atoms with E-state index in [0.29, 0.717) is 11.3 Å². The maximum Gasteiger partial charge on any atom is 0.343 e. The number of aryl methyl sites for hydroxylation is 1. The minimum atomic E-state index is -0.304. The molecule has 2 aromatic rings. The van der Waals surface area contributed by atoms with Gasteiger partial charge in [0.05, 0.1) is 11.7 Å². The van der Waals surface area contributed by atoms with Gasteiger partial charge in [0.25, 0.3) is 0 Å². The molecule has 1 atom stereocenters. The Morgan fingerprint density at radius 1 is 0.694 bits per heavy atom. The van der Waals surface area contributed by atoms with Crippen LogP contribution in [0.4, 0.5) is 0 Å². The SMILES string of the molecule is CCCCCCCCCCCCCCCc1ccccc1OC(=O)c1ccc(C(C)OCCC)cc1. The molecule has 0 aromatic heterocycles. The predicted molar refractivity (Wildman–Crippen MR) is 152 cm³/mol. The number of rotatable bonds is 20. The Kier molecular flexibility index (Phi) is 15.9. The fourth-order valence-corrected chi connectivity index (χ4v) is 4.58. The van der Waals surface area contributed by atoms with Crippen LogP contribution in [0, 0.1) is 0 Å². The Bertz CT molecular complexity index is 827. The summed E-state index contributed by atoms with van der Waals surface area (Å²) in [5.74, 6) is 0.381. The molecule has 0 aliphatic rings. The zero-order chi connectivity index (χ0) is 25.8. The van der Waals surface area contributed by atoms with Crippen molar-refractivity contribution in [1.29, 1.82) is 0 Å². The van der Waals surface area contributed by atoms with Gasteiger partial charge in [0.1, 0.15) is 5.75 Å². The van der Waals surface area contributed by atoms with Crippen LogP contribution in [0.1, 0.15) is 138 Å². The lowest BCUT2D eigenvalue weighted by Gasteiger charge is -2.13. The normalized spacial score (nSPS) is 12.0. The lowest BCUT2D eigenvalue weighted by atomic mass is 10.0. The van der Waals surface area contributed by atoms with Gasteiger partial charge >= 0.3 is 5.97 Å². The van der Waals surface area contributed by atoms with Gasteiger partial charge in [-0.05, 0) is 55.5 Å². The molecule has 0 bridgehead atoms. The van der Waals surface area contributed by atoms with Crippen molar-refractivity contribution in [2.24, 2.45) is 0 Å². The number of carbonyl (C=O) groups is 1. The van der Waals surface area contributed by atoms with E-state index in [1.807, 2.05) is 49.4 Å². The molecular weight excluding hydrogens is 444 g/mol. The average Bonchev–Trinajstić information content (AvgIpc) is 2.90. The van der Waals surface area contributed by atoms with Crippen molar-refractivity contribution in [3.05, 3.63) is 65.2 Å². The van der Waals surface area contributed by atoms with Gasteiger partial charge in [0.2, 0.25) is 0 Å². The van der Waals surface area contributed by atoms with E-state index in [1.165, 1.54) is 77.0 Å². The minimum absolute atomic E-state index is 0.0241. The van der Waals surface area contributed by atoms with Gasteiger partial charge in [-0.3, -0.25) is 0 Å². The quantitative estimate of drug-likeness (QED) is 0.104. The molecule has 3 nitrogen and oxygen atoms in total. The van der Waals surface area contributed by atoms with E-state index < -0.39 is 0 Å². The Balaban J connectivity index is 1.66. The van der Waals surface area contributed by atoms with E-state index >= 15 is 0 Å². The van der Waals surface area contributed by atoms with Gasteiger partial charge in [0.15, 0.2) is 0 Å². The standard InChI is InChI=1S/C33H50O3/c1-4-6-7-8-9-10-11-12-13-14-15-16-17-20-30-21-18-19-22-32(30)36-33(34)31-25-23-29(24-26-31)28(3)35-27-5-2/h18-19,21-26,28H,4-17,20,27H2,1-3H3. The first kappa shape index (κ1) is 30.1. The maximum atomic E-state index is 12.8. The number of esters is 1. The van der Waals surface area contributed by atoms with Gasteiger partial charge in [-0.2, -0.15) is 0 Å². The monoisotopic (exact) mass is 494 g/mol. The summed E-state index contributed by atoms with van der Waals surface area (Å²) in [6.45, 7) is 7.15. The summed E-state index contributed by atoms with van der Waals surface area (Å²) in [6, 6.07) is 15.5. The van der Waals surface area contributed by atoms with Gasteiger partial charge < -0.3 is 9.47 Å². The molecule has 2 aromatic carbocycles. The van der Waals surface area contributed by atoms with Crippen LogP contribution in [-0.4, -0.2) is 12.6 Å². The minimum Gasteiger partial charge on any atom is -0.423 e. The third kappa shape index (κ3) is 12.2. The smallest absolute Gasteiger partial charge is 0.343 e. The molecule has 0 heterocycles. The molecular formula is C33H50O3. The first-order chi connectivity index (χ1) is 17.7. The Hall–Kier alpha value is -2.13. The number of hydrogen-bond acceptors (Lipinski definition) is 3. The van der Waals surface area contributed by atoms with Gasteiger partial charge in [-0.25, -0.2) is 4.79 Å². The zero-order valence-electron chi connectivity index (χ0n) is 23.2. The second-order valence-corrected chi connectivity index (χ2v) is 10.1. The fraction of sp³-hybridized carbons (Fsp3) is 0.606. The van der Waals surface area contributed by atoms with E-state index in [4.69, 9.17) is 9.47 Å². The summed E-state index contributed by atoms with van der Waals surface area (Å²) < 4.78 is 11.6. The molecule has 0 radical (unpaired) electrons. The molecule has 36 heavy (non-hydrogen) atoms. The molecule has 3 heteroatoms. The number of ether oxygens (including phenoxy) is 2. The van der Waals surface area contributed by atoms with E-state index in [2.05, 4.69) is 19.9 Å². The number of hydrogen-bond donors (Lipinski definition) is 0.